The summed E-state index contributed by atoms with van der Waals surface area (Å²) in [7, 11) is 1.64. The van der Waals surface area contributed by atoms with Gasteiger partial charge >= 0.3 is 0 Å². The molecule has 0 aliphatic rings. The van der Waals surface area contributed by atoms with Gasteiger partial charge in [0.1, 0.15) is 0 Å². The number of hydrogen-bond donors (Lipinski definition) is 1. The summed E-state index contributed by atoms with van der Waals surface area (Å²) >= 11 is 0. The summed E-state index contributed by atoms with van der Waals surface area (Å²) < 4.78 is 6.90. The molecule has 74 valence electrons. The molecule has 0 radical (unpaired) electrons. The number of nitrogens with zero attached hydrogens (tertiary/aromatic N) is 1. The summed E-state index contributed by atoms with van der Waals surface area (Å²) in [5.41, 5.74) is -0.685. The van der Waals surface area contributed by atoms with E-state index in [0.717, 1.165) is 0 Å². The third-order valence-corrected chi connectivity index (χ3v) is 2.03. The quantitative estimate of drug-likeness (QED) is 0.746. The van der Waals surface area contributed by atoms with Crippen molar-refractivity contribution in [3.63, 3.8) is 0 Å². The van der Waals surface area contributed by atoms with Crippen LogP contribution >= 0.6 is 0 Å². The second kappa shape index (κ2) is 4.44. The maximum atomic E-state index is 9.92. The average molecular weight is 183 g/mol. The molecule has 1 rings (SSSR count). The largest absolute Gasteiger partial charge is 0.388 e. The molecule has 0 aromatic carbocycles. The number of rotatable bonds is 5. The second-order valence-corrected chi connectivity index (χ2v) is 3.60. The smallest absolute Gasteiger partial charge is 0.0819 e. The zero-order valence-electron chi connectivity index (χ0n) is 8.23. The average Bonchev–Trinajstić information content (AvgIpc) is 2.52. The standard InChI is InChI=1S/C10H17NO2/c1-10(12,5-8-13-2)9-11-6-3-4-7-11/h3-4,6-7,12H,5,8-9H2,1-2H3. The molecule has 1 aromatic heterocycles. The fourth-order valence-electron chi connectivity index (χ4n) is 1.27. The van der Waals surface area contributed by atoms with Crippen LogP contribution in [0.3, 0.4) is 0 Å². The zero-order chi connectivity index (χ0) is 9.73. The Morgan fingerprint density at radius 1 is 1.38 bits per heavy atom. The molecule has 0 bridgehead atoms. The number of aliphatic hydroxyl groups is 1. The summed E-state index contributed by atoms with van der Waals surface area (Å²) in [5.74, 6) is 0. The molecule has 0 saturated heterocycles. The van der Waals surface area contributed by atoms with Crippen LogP contribution in [-0.2, 0) is 11.3 Å². The summed E-state index contributed by atoms with van der Waals surface area (Å²) in [5, 5.41) is 9.92. The number of ether oxygens (including phenoxy) is 1. The van der Waals surface area contributed by atoms with Gasteiger partial charge in [-0.1, -0.05) is 0 Å². The van der Waals surface area contributed by atoms with Crippen LogP contribution in [0.2, 0.25) is 0 Å². The van der Waals surface area contributed by atoms with E-state index in [-0.39, 0.29) is 0 Å². The Kier molecular flexibility index (Phi) is 3.51. The number of aromatic nitrogens is 1. The predicted octanol–water partition coefficient (Wildman–Crippen LogP) is 1.28. The Labute approximate surface area is 78.9 Å². The van der Waals surface area contributed by atoms with Gasteiger partial charge in [-0.25, -0.2) is 0 Å². The van der Waals surface area contributed by atoms with Crippen LogP contribution in [0.25, 0.3) is 0 Å². The molecule has 1 atom stereocenters. The minimum atomic E-state index is -0.685. The molecule has 0 aliphatic carbocycles. The van der Waals surface area contributed by atoms with E-state index in [1.54, 1.807) is 7.11 Å². The molecule has 0 spiro atoms. The highest BCUT2D eigenvalue weighted by atomic mass is 16.5. The lowest BCUT2D eigenvalue weighted by Crippen LogP contribution is -2.31. The molecule has 0 amide bonds. The van der Waals surface area contributed by atoms with E-state index in [1.165, 1.54) is 0 Å². The molecule has 0 fully saturated rings. The van der Waals surface area contributed by atoms with Crippen LogP contribution in [0.15, 0.2) is 24.5 Å². The van der Waals surface area contributed by atoms with Crippen molar-refractivity contribution in [2.75, 3.05) is 13.7 Å². The SMILES string of the molecule is COCCC(C)(O)Cn1cccc1. The first-order valence-corrected chi connectivity index (χ1v) is 4.46. The van der Waals surface area contributed by atoms with Crippen LogP contribution in [0.4, 0.5) is 0 Å². The molecule has 1 aromatic rings. The highest BCUT2D eigenvalue weighted by molar-refractivity contribution is 4.92. The lowest BCUT2D eigenvalue weighted by atomic mass is 10.0. The Hall–Kier alpha value is -0.800. The van der Waals surface area contributed by atoms with Gasteiger partial charge < -0.3 is 14.4 Å². The first kappa shape index (κ1) is 10.3. The first-order chi connectivity index (χ1) is 6.14. The summed E-state index contributed by atoms with van der Waals surface area (Å²) in [6.45, 7) is 3.03. The number of hydrogen-bond acceptors (Lipinski definition) is 2. The molecule has 1 heterocycles. The third kappa shape index (κ3) is 3.61. The van der Waals surface area contributed by atoms with Crippen LogP contribution in [0.1, 0.15) is 13.3 Å². The Morgan fingerprint density at radius 3 is 2.54 bits per heavy atom. The molecule has 3 nitrogen and oxygen atoms in total. The van der Waals surface area contributed by atoms with Gasteiger partial charge in [0.25, 0.3) is 0 Å². The highest BCUT2D eigenvalue weighted by Crippen LogP contribution is 2.12. The molecule has 1 N–H and O–H groups in total. The molecule has 3 heteroatoms. The lowest BCUT2D eigenvalue weighted by Gasteiger charge is -2.23. The second-order valence-electron chi connectivity index (χ2n) is 3.60. The maximum Gasteiger partial charge on any atom is 0.0819 e. The van der Waals surface area contributed by atoms with Gasteiger partial charge in [0.15, 0.2) is 0 Å². The lowest BCUT2D eigenvalue weighted by molar-refractivity contribution is 0.0102. The van der Waals surface area contributed by atoms with Gasteiger partial charge in [-0.05, 0) is 19.1 Å². The van der Waals surface area contributed by atoms with E-state index in [0.29, 0.717) is 19.6 Å². The van der Waals surface area contributed by atoms with Gasteiger partial charge in [-0.3, -0.25) is 0 Å². The van der Waals surface area contributed by atoms with Crippen molar-refractivity contribution in [1.82, 2.24) is 4.57 Å². The molecular weight excluding hydrogens is 166 g/mol. The zero-order valence-corrected chi connectivity index (χ0v) is 8.23. The van der Waals surface area contributed by atoms with E-state index in [9.17, 15) is 5.11 Å². The predicted molar refractivity (Wildman–Crippen MR) is 51.5 cm³/mol. The van der Waals surface area contributed by atoms with E-state index < -0.39 is 5.60 Å². The van der Waals surface area contributed by atoms with Crippen molar-refractivity contribution in [3.05, 3.63) is 24.5 Å². The number of methoxy groups -OCH3 is 1. The van der Waals surface area contributed by atoms with Gasteiger partial charge in [0, 0.05) is 32.5 Å². The van der Waals surface area contributed by atoms with Crippen molar-refractivity contribution in [2.24, 2.45) is 0 Å². The van der Waals surface area contributed by atoms with Crippen molar-refractivity contribution in [3.8, 4) is 0 Å². The molecule has 1 unspecified atom stereocenters. The van der Waals surface area contributed by atoms with Crippen LogP contribution < -0.4 is 0 Å². The van der Waals surface area contributed by atoms with Crippen molar-refractivity contribution >= 4 is 0 Å². The van der Waals surface area contributed by atoms with Gasteiger partial charge in [-0.2, -0.15) is 0 Å². The van der Waals surface area contributed by atoms with E-state index in [2.05, 4.69) is 0 Å². The fourth-order valence-corrected chi connectivity index (χ4v) is 1.27. The Bertz CT molecular complexity index is 229. The highest BCUT2D eigenvalue weighted by Gasteiger charge is 2.19. The third-order valence-electron chi connectivity index (χ3n) is 2.03. The van der Waals surface area contributed by atoms with E-state index >= 15 is 0 Å². The first-order valence-electron chi connectivity index (χ1n) is 4.46. The molecule has 0 aliphatic heterocycles. The summed E-state index contributed by atoms with van der Waals surface area (Å²) in [6, 6.07) is 3.90. The van der Waals surface area contributed by atoms with Crippen molar-refractivity contribution < 1.29 is 9.84 Å². The minimum absolute atomic E-state index is 0.592. The van der Waals surface area contributed by atoms with Crippen molar-refractivity contribution in [2.45, 2.75) is 25.5 Å². The van der Waals surface area contributed by atoms with Crippen LogP contribution in [-0.4, -0.2) is 29.0 Å². The molecular formula is C10H17NO2. The monoisotopic (exact) mass is 183 g/mol. The molecule has 13 heavy (non-hydrogen) atoms. The molecule has 0 saturated carbocycles. The van der Waals surface area contributed by atoms with Crippen molar-refractivity contribution in [1.29, 1.82) is 0 Å². The van der Waals surface area contributed by atoms with E-state index in [4.69, 9.17) is 4.74 Å². The van der Waals surface area contributed by atoms with Crippen LogP contribution in [0, 0.1) is 0 Å². The normalized spacial score (nSPS) is 15.6. The van der Waals surface area contributed by atoms with Crippen LogP contribution in [0.5, 0.6) is 0 Å². The Morgan fingerprint density at radius 2 is 2.00 bits per heavy atom. The van der Waals surface area contributed by atoms with Gasteiger partial charge in [0.2, 0.25) is 0 Å². The Balaban J connectivity index is 2.42. The minimum Gasteiger partial charge on any atom is -0.388 e. The van der Waals surface area contributed by atoms with E-state index in [1.807, 2.05) is 36.0 Å². The fraction of sp³-hybridized carbons (Fsp3) is 0.600. The topological polar surface area (TPSA) is 34.4 Å². The maximum absolute atomic E-state index is 9.92. The summed E-state index contributed by atoms with van der Waals surface area (Å²) in [6.07, 6.45) is 4.55. The summed E-state index contributed by atoms with van der Waals surface area (Å²) in [4.78, 5) is 0. The van der Waals surface area contributed by atoms with Gasteiger partial charge in [-0.15, -0.1) is 0 Å². The van der Waals surface area contributed by atoms with Gasteiger partial charge in [0.05, 0.1) is 12.1 Å².